The molecule has 25 heavy (non-hydrogen) atoms. The van der Waals surface area contributed by atoms with Crippen LogP contribution in [0.2, 0.25) is 0 Å². The van der Waals surface area contributed by atoms with Crippen molar-refractivity contribution in [2.24, 2.45) is 0 Å². The lowest BCUT2D eigenvalue weighted by molar-refractivity contribution is -2.00. The third-order valence-electron chi connectivity index (χ3n) is 4.86. The second kappa shape index (κ2) is 7.81. The fraction of sp³-hybridized carbons (Fsp3) is 0.421. The maximum absolute atomic E-state index is 8.49. The van der Waals surface area contributed by atoms with E-state index in [4.69, 9.17) is 18.6 Å². The van der Waals surface area contributed by atoms with Gasteiger partial charge in [0.1, 0.15) is 0 Å². The lowest BCUT2D eigenvalue weighted by atomic mass is 9.88. The standard InChI is InChI=1S/C19H22N.ClHO4/c1-2-10-17(11-3-1)20-18-12-6-4-8-15(18)14-16-9-5-7-13-19(16)20;2-1(3,4)5/h1-3,10-11,14H,4-9,12-13H2;(H,2,3,4,5)/q+1;/p-1. The summed E-state index contributed by atoms with van der Waals surface area (Å²) in [4.78, 5) is 0. The molecular weight excluding hydrogens is 342 g/mol. The first-order chi connectivity index (χ1) is 11.9. The SMILES string of the molecule is [O-][Cl+3]([O-])([O-])[O-].c1ccc(-[n+]2c3c(cc4c2CCCC4)CCCC3)cc1. The van der Waals surface area contributed by atoms with Gasteiger partial charge in [0.2, 0.25) is 5.69 Å². The number of para-hydroxylation sites is 1. The first kappa shape index (κ1) is 18.3. The van der Waals surface area contributed by atoms with Crippen molar-refractivity contribution < 1.29 is 33.4 Å². The van der Waals surface area contributed by atoms with Gasteiger partial charge in [-0.15, -0.1) is 10.2 Å². The Labute approximate surface area is 149 Å². The van der Waals surface area contributed by atoms with Crippen molar-refractivity contribution in [1.82, 2.24) is 0 Å². The molecule has 0 N–H and O–H groups in total. The number of halogens is 1. The number of fused-ring (bicyclic) bond motifs is 2. The van der Waals surface area contributed by atoms with Crippen LogP contribution in [0.4, 0.5) is 0 Å². The Morgan fingerprint density at radius 3 is 1.60 bits per heavy atom. The topological polar surface area (TPSA) is 96.1 Å². The van der Waals surface area contributed by atoms with E-state index in [0.717, 1.165) is 0 Å². The minimum absolute atomic E-state index is 1.25. The van der Waals surface area contributed by atoms with Crippen LogP contribution in [-0.2, 0) is 25.7 Å². The van der Waals surface area contributed by atoms with E-state index < -0.39 is 10.2 Å². The molecule has 0 fully saturated rings. The fourth-order valence-corrected chi connectivity index (χ4v) is 3.91. The molecule has 0 saturated heterocycles. The van der Waals surface area contributed by atoms with Crippen LogP contribution in [0, 0.1) is 10.2 Å². The van der Waals surface area contributed by atoms with Crippen LogP contribution >= 0.6 is 0 Å². The average Bonchev–Trinajstić information content (AvgIpc) is 2.59. The Kier molecular flexibility index (Phi) is 5.71. The van der Waals surface area contributed by atoms with Crippen LogP contribution < -0.4 is 23.2 Å². The van der Waals surface area contributed by atoms with Gasteiger partial charge in [-0.3, -0.25) is 0 Å². The largest absolute Gasteiger partial charge is 0.222 e. The monoisotopic (exact) mass is 363 g/mol. The summed E-state index contributed by atoms with van der Waals surface area (Å²) in [5.74, 6) is 0. The summed E-state index contributed by atoms with van der Waals surface area (Å²) in [6, 6.07) is 13.5. The lowest BCUT2D eigenvalue weighted by Gasteiger charge is -2.21. The molecule has 0 unspecified atom stereocenters. The lowest BCUT2D eigenvalue weighted by Crippen LogP contribution is -2.68. The summed E-state index contributed by atoms with van der Waals surface area (Å²) in [6.45, 7) is 0. The Hall–Kier alpha value is -1.50. The van der Waals surface area contributed by atoms with Crippen molar-refractivity contribution in [2.75, 3.05) is 0 Å². The molecular formula is C19H22ClNO4. The Balaban J connectivity index is 0.000000324. The number of rotatable bonds is 1. The van der Waals surface area contributed by atoms with E-state index in [2.05, 4.69) is 41.0 Å². The highest BCUT2D eigenvalue weighted by Crippen LogP contribution is 2.27. The number of hydrogen-bond donors (Lipinski definition) is 0. The Bertz CT molecular complexity index is 688. The van der Waals surface area contributed by atoms with Gasteiger partial charge in [0.15, 0.2) is 11.4 Å². The maximum atomic E-state index is 8.49. The van der Waals surface area contributed by atoms with E-state index in [0.29, 0.717) is 0 Å². The summed E-state index contributed by atoms with van der Waals surface area (Å²) in [6.07, 6.45) is 10.5. The molecule has 1 aromatic heterocycles. The molecule has 0 radical (unpaired) electrons. The van der Waals surface area contributed by atoms with Gasteiger partial charge in [-0.2, -0.15) is 4.57 Å². The maximum Gasteiger partial charge on any atom is 0.211 e. The molecule has 5 nitrogen and oxygen atoms in total. The van der Waals surface area contributed by atoms with Crippen LogP contribution in [0.5, 0.6) is 0 Å². The molecule has 2 aliphatic carbocycles. The van der Waals surface area contributed by atoms with Crippen LogP contribution in [0.15, 0.2) is 36.4 Å². The van der Waals surface area contributed by atoms with Crippen LogP contribution in [0.25, 0.3) is 5.69 Å². The van der Waals surface area contributed by atoms with Gasteiger partial charge in [0.05, 0.1) is 0 Å². The number of aromatic nitrogens is 1. The summed E-state index contributed by atoms with van der Waals surface area (Å²) >= 11 is 0. The van der Waals surface area contributed by atoms with Crippen LogP contribution in [-0.4, -0.2) is 0 Å². The minimum atomic E-state index is -4.94. The van der Waals surface area contributed by atoms with Crippen molar-refractivity contribution in [3.8, 4) is 5.69 Å². The zero-order valence-electron chi connectivity index (χ0n) is 14.1. The molecule has 2 aromatic rings. The van der Waals surface area contributed by atoms with Gasteiger partial charge in [-0.25, -0.2) is 18.6 Å². The molecule has 2 aliphatic rings. The van der Waals surface area contributed by atoms with Gasteiger partial charge >= 0.3 is 0 Å². The molecule has 0 amide bonds. The van der Waals surface area contributed by atoms with E-state index in [1.54, 1.807) is 22.5 Å². The molecule has 6 heteroatoms. The molecule has 4 rings (SSSR count). The number of hydrogen-bond acceptors (Lipinski definition) is 4. The highest BCUT2D eigenvalue weighted by molar-refractivity contribution is 5.33. The molecule has 0 saturated carbocycles. The van der Waals surface area contributed by atoms with Gasteiger partial charge in [0.25, 0.3) is 0 Å². The first-order valence-corrected chi connectivity index (χ1v) is 9.92. The highest BCUT2D eigenvalue weighted by Gasteiger charge is 2.29. The predicted molar refractivity (Wildman–Crippen MR) is 81.3 cm³/mol. The molecule has 134 valence electrons. The van der Waals surface area contributed by atoms with Crippen molar-refractivity contribution in [2.45, 2.75) is 51.4 Å². The van der Waals surface area contributed by atoms with Crippen molar-refractivity contribution in [3.05, 3.63) is 58.9 Å². The third-order valence-corrected chi connectivity index (χ3v) is 4.86. The van der Waals surface area contributed by atoms with Crippen molar-refractivity contribution in [3.63, 3.8) is 0 Å². The van der Waals surface area contributed by atoms with Crippen LogP contribution in [0.3, 0.4) is 0 Å². The summed E-state index contributed by atoms with van der Waals surface area (Å²) in [5, 5.41) is 0. The van der Waals surface area contributed by atoms with Crippen LogP contribution in [0.1, 0.15) is 48.2 Å². The quantitative estimate of drug-likeness (QED) is 0.605. The second-order valence-electron chi connectivity index (χ2n) is 6.55. The minimum Gasteiger partial charge on any atom is -0.222 e. The van der Waals surface area contributed by atoms with Crippen molar-refractivity contribution >= 4 is 0 Å². The number of pyridine rings is 1. The van der Waals surface area contributed by atoms with E-state index in [1.807, 2.05) is 0 Å². The second-order valence-corrected chi connectivity index (χ2v) is 7.31. The third kappa shape index (κ3) is 4.77. The zero-order chi connectivity index (χ0) is 17.9. The van der Waals surface area contributed by atoms with Gasteiger partial charge in [-0.1, -0.05) is 18.2 Å². The average molecular weight is 364 g/mol. The number of aryl methyl sites for hydroxylation is 2. The normalized spacial score (nSPS) is 16.3. The van der Waals surface area contributed by atoms with E-state index in [-0.39, 0.29) is 0 Å². The summed E-state index contributed by atoms with van der Waals surface area (Å²) < 4.78 is 36.6. The number of nitrogens with zero attached hydrogens (tertiary/aromatic N) is 1. The van der Waals surface area contributed by atoms with E-state index in [1.165, 1.54) is 57.1 Å². The Morgan fingerprint density at radius 1 is 0.680 bits per heavy atom. The molecule has 1 heterocycles. The van der Waals surface area contributed by atoms with E-state index in [9.17, 15) is 0 Å². The molecule has 1 aromatic carbocycles. The molecule has 0 atom stereocenters. The van der Waals surface area contributed by atoms with Crippen molar-refractivity contribution in [1.29, 1.82) is 0 Å². The highest BCUT2D eigenvalue weighted by atomic mass is 35.7. The zero-order valence-corrected chi connectivity index (χ0v) is 14.8. The Morgan fingerprint density at radius 2 is 1.12 bits per heavy atom. The smallest absolute Gasteiger partial charge is 0.211 e. The summed E-state index contributed by atoms with van der Waals surface area (Å²) in [7, 11) is -4.94. The van der Waals surface area contributed by atoms with Gasteiger partial charge in [0, 0.05) is 36.1 Å². The molecule has 0 spiro atoms. The van der Waals surface area contributed by atoms with Gasteiger partial charge < -0.3 is 0 Å². The first-order valence-electron chi connectivity index (χ1n) is 8.69. The molecule has 0 bridgehead atoms. The van der Waals surface area contributed by atoms with E-state index >= 15 is 0 Å². The fourth-order valence-electron chi connectivity index (χ4n) is 3.91. The number of benzene rings is 1. The summed E-state index contributed by atoms with van der Waals surface area (Å²) in [5.41, 5.74) is 7.76. The van der Waals surface area contributed by atoms with Gasteiger partial charge in [-0.05, 0) is 44.6 Å². The molecule has 0 aliphatic heterocycles. The predicted octanol–water partition coefficient (Wildman–Crippen LogP) is -1.04.